The van der Waals surface area contributed by atoms with Gasteiger partial charge in [0.1, 0.15) is 0 Å². The van der Waals surface area contributed by atoms with Crippen molar-refractivity contribution in [1.29, 1.82) is 0 Å². The number of aryl methyl sites for hydroxylation is 2. The highest BCUT2D eigenvalue weighted by Crippen LogP contribution is 2.27. The molecule has 0 spiro atoms. The number of nitrogens with one attached hydrogen (secondary N) is 2. The van der Waals surface area contributed by atoms with Crippen molar-refractivity contribution in [2.45, 2.75) is 32.6 Å². The molecule has 2 aromatic rings. The average Bonchev–Trinajstić information content (AvgIpc) is 3.06. The van der Waals surface area contributed by atoms with Gasteiger partial charge in [0.05, 0.1) is 0 Å². The van der Waals surface area contributed by atoms with Crippen LogP contribution in [0.1, 0.15) is 30.4 Å². The number of thiocarbonyl (C=S) groups is 1. The molecule has 6 heteroatoms. The van der Waals surface area contributed by atoms with Crippen molar-refractivity contribution in [2.24, 2.45) is 0 Å². The Hall–Kier alpha value is -2.11. The summed E-state index contributed by atoms with van der Waals surface area (Å²) in [5, 5.41) is 7.82. The van der Waals surface area contributed by atoms with Crippen LogP contribution in [-0.2, 0) is 11.2 Å². The van der Waals surface area contributed by atoms with Crippen LogP contribution in [0.2, 0.25) is 5.02 Å². The van der Waals surface area contributed by atoms with Crippen molar-refractivity contribution < 1.29 is 4.79 Å². The summed E-state index contributed by atoms with van der Waals surface area (Å²) in [6.07, 6.45) is 3.54. The quantitative estimate of drug-likeness (QED) is 0.544. The zero-order valence-electron chi connectivity index (χ0n) is 15.4. The number of hydrogen-bond acceptors (Lipinski definition) is 2. The van der Waals surface area contributed by atoms with Crippen LogP contribution in [0.25, 0.3) is 0 Å². The maximum Gasteiger partial charge on any atom is 0.227 e. The van der Waals surface area contributed by atoms with Crippen LogP contribution in [0.4, 0.5) is 11.4 Å². The van der Waals surface area contributed by atoms with Crippen molar-refractivity contribution in [2.75, 3.05) is 23.3 Å². The second-order valence-corrected chi connectivity index (χ2v) is 7.61. The van der Waals surface area contributed by atoms with Gasteiger partial charge in [0, 0.05) is 35.9 Å². The molecule has 0 aromatic heterocycles. The molecule has 1 fully saturated rings. The van der Waals surface area contributed by atoms with E-state index in [0.29, 0.717) is 11.5 Å². The summed E-state index contributed by atoms with van der Waals surface area (Å²) in [5.41, 5.74) is 4.26. The van der Waals surface area contributed by atoms with Crippen LogP contribution in [0.15, 0.2) is 42.5 Å². The summed E-state index contributed by atoms with van der Waals surface area (Å²) >= 11 is 11.3. The Bertz CT molecular complexity index is 823. The minimum Gasteiger partial charge on any atom is -0.362 e. The fourth-order valence-corrected chi connectivity index (χ4v) is 3.61. The highest BCUT2D eigenvalue weighted by atomic mass is 35.5. The lowest BCUT2D eigenvalue weighted by Crippen LogP contribution is -2.29. The van der Waals surface area contributed by atoms with Crippen LogP contribution in [0.3, 0.4) is 0 Å². The lowest BCUT2D eigenvalue weighted by molar-refractivity contribution is -0.117. The SMILES string of the molecule is Cc1cc(NC(=S)NCCCc2ccc(Cl)cc2)ccc1N1CCCC1=O. The summed E-state index contributed by atoms with van der Waals surface area (Å²) in [6, 6.07) is 13.9. The van der Waals surface area contributed by atoms with Gasteiger partial charge in [-0.3, -0.25) is 4.79 Å². The Morgan fingerprint density at radius 2 is 2.00 bits per heavy atom. The van der Waals surface area contributed by atoms with Gasteiger partial charge in [0.25, 0.3) is 0 Å². The monoisotopic (exact) mass is 401 g/mol. The van der Waals surface area contributed by atoms with E-state index in [-0.39, 0.29) is 5.91 Å². The van der Waals surface area contributed by atoms with Gasteiger partial charge in [-0.25, -0.2) is 0 Å². The van der Waals surface area contributed by atoms with E-state index >= 15 is 0 Å². The zero-order chi connectivity index (χ0) is 19.2. The third-order valence-corrected chi connectivity index (χ3v) is 5.16. The Morgan fingerprint density at radius 3 is 2.67 bits per heavy atom. The van der Waals surface area contributed by atoms with Crippen LogP contribution in [0, 0.1) is 6.92 Å². The number of benzene rings is 2. The first-order valence-electron chi connectivity index (χ1n) is 9.23. The van der Waals surface area contributed by atoms with E-state index in [9.17, 15) is 4.79 Å². The fraction of sp³-hybridized carbons (Fsp3) is 0.333. The van der Waals surface area contributed by atoms with Gasteiger partial charge in [-0.05, 0) is 79.9 Å². The minimum atomic E-state index is 0.205. The standard InChI is InChI=1S/C21H24ClN3OS/c1-15-14-18(10-11-19(15)25-13-3-5-20(25)26)24-21(27)23-12-2-4-16-6-8-17(22)9-7-16/h6-11,14H,2-5,12-13H2,1H3,(H2,23,24,27). The van der Waals surface area contributed by atoms with E-state index in [0.717, 1.165) is 54.3 Å². The van der Waals surface area contributed by atoms with Gasteiger partial charge in [-0.2, -0.15) is 0 Å². The Kier molecular flexibility index (Phi) is 6.69. The summed E-state index contributed by atoms with van der Waals surface area (Å²) in [5.74, 6) is 0.205. The van der Waals surface area contributed by atoms with E-state index in [2.05, 4.69) is 10.6 Å². The van der Waals surface area contributed by atoms with Crippen molar-refractivity contribution in [3.05, 3.63) is 58.6 Å². The number of amides is 1. The highest BCUT2D eigenvalue weighted by Gasteiger charge is 2.22. The van der Waals surface area contributed by atoms with E-state index in [1.807, 2.05) is 54.3 Å². The molecule has 2 N–H and O–H groups in total. The molecular formula is C21H24ClN3OS. The second-order valence-electron chi connectivity index (χ2n) is 6.76. The van der Waals surface area contributed by atoms with Crippen molar-refractivity contribution in [3.8, 4) is 0 Å². The summed E-state index contributed by atoms with van der Waals surface area (Å²) in [7, 11) is 0. The van der Waals surface area contributed by atoms with Gasteiger partial charge in [-0.1, -0.05) is 23.7 Å². The lowest BCUT2D eigenvalue weighted by atomic mass is 10.1. The number of carbonyl (C=O) groups is 1. The number of hydrogen-bond donors (Lipinski definition) is 2. The summed E-state index contributed by atoms with van der Waals surface area (Å²) in [4.78, 5) is 13.8. The van der Waals surface area contributed by atoms with Gasteiger partial charge < -0.3 is 15.5 Å². The highest BCUT2D eigenvalue weighted by molar-refractivity contribution is 7.80. The predicted molar refractivity (Wildman–Crippen MR) is 117 cm³/mol. The number of anilines is 2. The van der Waals surface area contributed by atoms with Crippen molar-refractivity contribution >= 4 is 46.2 Å². The molecule has 0 aliphatic carbocycles. The molecule has 0 bridgehead atoms. The Labute approximate surface area is 170 Å². The molecule has 0 saturated carbocycles. The Balaban J connectivity index is 1.45. The molecular weight excluding hydrogens is 378 g/mol. The molecule has 4 nitrogen and oxygen atoms in total. The molecule has 0 radical (unpaired) electrons. The van der Waals surface area contributed by atoms with Crippen LogP contribution in [0.5, 0.6) is 0 Å². The van der Waals surface area contributed by atoms with Crippen LogP contribution < -0.4 is 15.5 Å². The predicted octanol–water partition coefficient (Wildman–Crippen LogP) is 4.69. The molecule has 3 rings (SSSR count). The van der Waals surface area contributed by atoms with Gasteiger partial charge >= 0.3 is 0 Å². The van der Waals surface area contributed by atoms with E-state index in [4.69, 9.17) is 23.8 Å². The smallest absolute Gasteiger partial charge is 0.227 e. The molecule has 142 valence electrons. The van der Waals surface area contributed by atoms with Gasteiger partial charge in [0.15, 0.2) is 5.11 Å². The lowest BCUT2D eigenvalue weighted by Gasteiger charge is -2.19. The number of nitrogens with zero attached hydrogens (tertiary/aromatic N) is 1. The fourth-order valence-electron chi connectivity index (χ4n) is 3.26. The maximum absolute atomic E-state index is 11.9. The molecule has 1 heterocycles. The first-order valence-corrected chi connectivity index (χ1v) is 10.0. The summed E-state index contributed by atoms with van der Waals surface area (Å²) in [6.45, 7) is 3.63. The van der Waals surface area contributed by atoms with Crippen LogP contribution in [-0.4, -0.2) is 24.1 Å². The second kappa shape index (κ2) is 9.20. The normalized spacial score (nSPS) is 13.7. The molecule has 27 heavy (non-hydrogen) atoms. The van der Waals surface area contributed by atoms with Crippen LogP contribution >= 0.6 is 23.8 Å². The number of rotatable bonds is 6. The van der Waals surface area contributed by atoms with Crippen molar-refractivity contribution in [1.82, 2.24) is 5.32 Å². The largest absolute Gasteiger partial charge is 0.362 e. The average molecular weight is 402 g/mol. The maximum atomic E-state index is 11.9. The zero-order valence-corrected chi connectivity index (χ0v) is 17.0. The molecule has 1 aliphatic rings. The molecule has 1 saturated heterocycles. The van der Waals surface area contributed by atoms with Gasteiger partial charge in [-0.15, -0.1) is 0 Å². The molecule has 2 aromatic carbocycles. The Morgan fingerprint density at radius 1 is 1.22 bits per heavy atom. The van der Waals surface area contributed by atoms with Gasteiger partial charge in [0.2, 0.25) is 5.91 Å². The number of carbonyl (C=O) groups excluding carboxylic acids is 1. The molecule has 1 aliphatic heterocycles. The summed E-state index contributed by atoms with van der Waals surface area (Å²) < 4.78 is 0. The molecule has 0 atom stereocenters. The molecule has 1 amide bonds. The topological polar surface area (TPSA) is 44.4 Å². The minimum absolute atomic E-state index is 0.205. The number of halogens is 1. The van der Waals surface area contributed by atoms with E-state index in [1.54, 1.807) is 0 Å². The third-order valence-electron chi connectivity index (χ3n) is 4.66. The van der Waals surface area contributed by atoms with Crippen molar-refractivity contribution in [3.63, 3.8) is 0 Å². The first kappa shape index (κ1) is 19.6. The van der Waals surface area contributed by atoms with E-state index < -0.39 is 0 Å². The van der Waals surface area contributed by atoms with E-state index in [1.165, 1.54) is 5.56 Å². The third kappa shape index (κ3) is 5.44. The first-order chi connectivity index (χ1) is 13.0. The molecule has 0 unspecified atom stereocenters.